The highest BCUT2D eigenvalue weighted by Gasteiger charge is 2.42. The minimum Gasteiger partial charge on any atom is -0.326 e. The molecule has 16 heavy (non-hydrogen) atoms. The van der Waals surface area contributed by atoms with Crippen LogP contribution in [0.5, 0.6) is 0 Å². The standard InChI is InChI=1S/C13H27N3/c1-13(2)6-5-11(12(13)14)16-8-4-7-15(3)9-10-16/h11-12H,4-10,14H2,1-3H3. The van der Waals surface area contributed by atoms with Crippen LogP contribution in [-0.2, 0) is 0 Å². The lowest BCUT2D eigenvalue weighted by molar-refractivity contribution is 0.169. The fourth-order valence-corrected chi connectivity index (χ4v) is 3.19. The van der Waals surface area contributed by atoms with Crippen LogP contribution < -0.4 is 5.73 Å². The molecule has 1 aliphatic heterocycles. The molecule has 94 valence electrons. The Kier molecular flexibility index (Phi) is 3.57. The maximum atomic E-state index is 6.42. The van der Waals surface area contributed by atoms with E-state index in [0.29, 0.717) is 17.5 Å². The van der Waals surface area contributed by atoms with Crippen molar-refractivity contribution in [3.63, 3.8) is 0 Å². The number of nitrogens with zero attached hydrogens (tertiary/aromatic N) is 2. The van der Waals surface area contributed by atoms with Crippen molar-refractivity contribution in [1.82, 2.24) is 9.80 Å². The first-order valence-electron chi connectivity index (χ1n) is 6.69. The van der Waals surface area contributed by atoms with E-state index < -0.39 is 0 Å². The molecular formula is C13H27N3. The van der Waals surface area contributed by atoms with Gasteiger partial charge in [-0.15, -0.1) is 0 Å². The monoisotopic (exact) mass is 225 g/mol. The van der Waals surface area contributed by atoms with Gasteiger partial charge in [-0.05, 0) is 44.8 Å². The molecule has 1 saturated carbocycles. The summed E-state index contributed by atoms with van der Waals surface area (Å²) in [6.07, 6.45) is 3.86. The second-order valence-corrected chi connectivity index (χ2v) is 6.31. The van der Waals surface area contributed by atoms with E-state index in [0.717, 1.165) is 0 Å². The maximum Gasteiger partial charge on any atom is 0.0253 e. The van der Waals surface area contributed by atoms with Crippen LogP contribution in [0.25, 0.3) is 0 Å². The Morgan fingerprint density at radius 1 is 1.12 bits per heavy atom. The molecule has 2 aliphatic rings. The van der Waals surface area contributed by atoms with Crippen molar-refractivity contribution in [3.05, 3.63) is 0 Å². The van der Waals surface area contributed by atoms with Crippen LogP contribution >= 0.6 is 0 Å². The Bertz CT molecular complexity index is 239. The van der Waals surface area contributed by atoms with Crippen molar-refractivity contribution in [2.24, 2.45) is 11.1 Å². The van der Waals surface area contributed by atoms with Gasteiger partial charge in [0.1, 0.15) is 0 Å². The van der Waals surface area contributed by atoms with Crippen LogP contribution in [0.15, 0.2) is 0 Å². The average Bonchev–Trinajstić information content (AvgIpc) is 2.42. The van der Waals surface area contributed by atoms with Crippen molar-refractivity contribution < 1.29 is 0 Å². The quantitative estimate of drug-likeness (QED) is 0.726. The number of hydrogen-bond acceptors (Lipinski definition) is 3. The molecule has 2 N–H and O–H groups in total. The summed E-state index contributed by atoms with van der Waals surface area (Å²) in [6.45, 7) is 9.51. The smallest absolute Gasteiger partial charge is 0.0253 e. The van der Waals surface area contributed by atoms with Crippen LogP contribution in [0.2, 0.25) is 0 Å². The molecule has 0 bridgehead atoms. The Balaban J connectivity index is 1.97. The Morgan fingerprint density at radius 2 is 1.88 bits per heavy atom. The van der Waals surface area contributed by atoms with Gasteiger partial charge in [0.2, 0.25) is 0 Å². The zero-order chi connectivity index (χ0) is 11.8. The molecule has 0 spiro atoms. The summed E-state index contributed by atoms with van der Waals surface area (Å²) in [4.78, 5) is 5.08. The van der Waals surface area contributed by atoms with Gasteiger partial charge in [-0.1, -0.05) is 13.8 Å². The predicted octanol–water partition coefficient (Wildman–Crippen LogP) is 1.14. The molecule has 2 fully saturated rings. The van der Waals surface area contributed by atoms with Gasteiger partial charge in [0.05, 0.1) is 0 Å². The van der Waals surface area contributed by atoms with Crippen molar-refractivity contribution in [2.45, 2.75) is 45.2 Å². The molecular weight excluding hydrogens is 198 g/mol. The Hall–Kier alpha value is -0.120. The largest absolute Gasteiger partial charge is 0.326 e. The normalized spacial score (nSPS) is 37.5. The summed E-state index contributed by atoms with van der Waals surface area (Å²) in [5.74, 6) is 0. The molecule has 0 aromatic rings. The van der Waals surface area contributed by atoms with Gasteiger partial charge in [-0.2, -0.15) is 0 Å². The molecule has 0 aromatic heterocycles. The molecule has 1 aliphatic carbocycles. The summed E-state index contributed by atoms with van der Waals surface area (Å²) in [7, 11) is 2.22. The minimum absolute atomic E-state index is 0.336. The maximum absolute atomic E-state index is 6.42. The first-order valence-corrected chi connectivity index (χ1v) is 6.69. The minimum atomic E-state index is 0.336. The highest BCUT2D eigenvalue weighted by Crippen LogP contribution is 2.38. The van der Waals surface area contributed by atoms with Gasteiger partial charge in [0.15, 0.2) is 0 Å². The van der Waals surface area contributed by atoms with E-state index in [4.69, 9.17) is 5.73 Å². The zero-order valence-corrected chi connectivity index (χ0v) is 11.1. The van der Waals surface area contributed by atoms with E-state index in [-0.39, 0.29) is 0 Å². The summed E-state index contributed by atoms with van der Waals surface area (Å²) < 4.78 is 0. The Labute approximate surface area is 100.0 Å². The lowest BCUT2D eigenvalue weighted by atomic mass is 9.87. The summed E-state index contributed by atoms with van der Waals surface area (Å²) in [6, 6.07) is 0.984. The lowest BCUT2D eigenvalue weighted by Crippen LogP contribution is -2.50. The zero-order valence-electron chi connectivity index (χ0n) is 11.1. The van der Waals surface area contributed by atoms with Gasteiger partial charge in [0.25, 0.3) is 0 Å². The van der Waals surface area contributed by atoms with Crippen molar-refractivity contribution in [2.75, 3.05) is 33.2 Å². The van der Waals surface area contributed by atoms with Crippen LogP contribution in [-0.4, -0.2) is 55.1 Å². The molecule has 3 nitrogen and oxygen atoms in total. The molecule has 0 aromatic carbocycles. The predicted molar refractivity (Wildman–Crippen MR) is 68.5 cm³/mol. The summed E-state index contributed by atoms with van der Waals surface area (Å²) in [5.41, 5.74) is 6.75. The van der Waals surface area contributed by atoms with Crippen LogP contribution in [0, 0.1) is 5.41 Å². The molecule has 3 heteroatoms. The third-order valence-electron chi connectivity index (χ3n) is 4.62. The van der Waals surface area contributed by atoms with E-state index in [1.165, 1.54) is 45.4 Å². The molecule has 1 saturated heterocycles. The highest BCUT2D eigenvalue weighted by molar-refractivity contribution is 4.99. The van der Waals surface area contributed by atoms with Gasteiger partial charge in [-0.3, -0.25) is 4.90 Å². The molecule has 2 rings (SSSR count). The van der Waals surface area contributed by atoms with E-state index in [9.17, 15) is 0 Å². The van der Waals surface area contributed by atoms with Gasteiger partial charge < -0.3 is 10.6 Å². The highest BCUT2D eigenvalue weighted by atomic mass is 15.2. The van der Waals surface area contributed by atoms with Crippen LogP contribution in [0.4, 0.5) is 0 Å². The van der Waals surface area contributed by atoms with Gasteiger partial charge in [-0.25, -0.2) is 0 Å². The second kappa shape index (κ2) is 4.63. The van der Waals surface area contributed by atoms with Crippen molar-refractivity contribution in [1.29, 1.82) is 0 Å². The Morgan fingerprint density at radius 3 is 2.50 bits per heavy atom. The number of rotatable bonds is 1. The van der Waals surface area contributed by atoms with Crippen LogP contribution in [0.3, 0.4) is 0 Å². The van der Waals surface area contributed by atoms with Gasteiger partial charge >= 0.3 is 0 Å². The lowest BCUT2D eigenvalue weighted by Gasteiger charge is -2.34. The topological polar surface area (TPSA) is 32.5 Å². The molecule has 1 heterocycles. The third-order valence-corrected chi connectivity index (χ3v) is 4.62. The molecule has 2 atom stereocenters. The third kappa shape index (κ3) is 2.41. The first-order chi connectivity index (χ1) is 7.50. The summed E-state index contributed by atoms with van der Waals surface area (Å²) in [5, 5.41) is 0. The van der Waals surface area contributed by atoms with Crippen LogP contribution in [0.1, 0.15) is 33.1 Å². The van der Waals surface area contributed by atoms with E-state index in [1.807, 2.05) is 0 Å². The van der Waals surface area contributed by atoms with Crippen molar-refractivity contribution >= 4 is 0 Å². The van der Waals surface area contributed by atoms with E-state index >= 15 is 0 Å². The second-order valence-electron chi connectivity index (χ2n) is 6.31. The summed E-state index contributed by atoms with van der Waals surface area (Å²) >= 11 is 0. The molecule has 2 unspecified atom stereocenters. The SMILES string of the molecule is CN1CCCN(C2CCC(C)(C)C2N)CC1. The van der Waals surface area contributed by atoms with E-state index in [2.05, 4.69) is 30.7 Å². The fourth-order valence-electron chi connectivity index (χ4n) is 3.19. The van der Waals surface area contributed by atoms with E-state index in [1.54, 1.807) is 0 Å². The number of nitrogens with two attached hydrogens (primary N) is 1. The molecule has 0 radical (unpaired) electrons. The fraction of sp³-hybridized carbons (Fsp3) is 1.00. The van der Waals surface area contributed by atoms with Gasteiger partial charge in [0, 0.05) is 25.2 Å². The molecule has 0 amide bonds. The number of hydrogen-bond donors (Lipinski definition) is 1. The van der Waals surface area contributed by atoms with Crippen molar-refractivity contribution in [3.8, 4) is 0 Å². The average molecular weight is 225 g/mol. The first kappa shape index (κ1) is 12.3. The number of likely N-dealkylation sites (N-methyl/N-ethyl adjacent to an activating group) is 1.